The molecule has 3 heteroatoms. The Bertz CT molecular complexity index is 200. The fourth-order valence-corrected chi connectivity index (χ4v) is 3.45. The number of halogens is 1. The molecule has 1 heterocycles. The molecule has 0 aromatic heterocycles. The van der Waals surface area contributed by atoms with Crippen molar-refractivity contribution >= 4 is 15.9 Å². The van der Waals surface area contributed by atoms with Gasteiger partial charge in [0.2, 0.25) is 0 Å². The molecule has 2 rings (SSSR count). The van der Waals surface area contributed by atoms with Gasteiger partial charge >= 0.3 is 0 Å². The highest BCUT2D eigenvalue weighted by atomic mass is 79.9. The molecule has 88 valence electrons. The zero-order valence-electron chi connectivity index (χ0n) is 9.62. The highest BCUT2D eigenvalue weighted by molar-refractivity contribution is 9.09. The van der Waals surface area contributed by atoms with Gasteiger partial charge in [0, 0.05) is 4.83 Å². The molecular formula is C12H21BrO2. The molecule has 2 nitrogen and oxygen atoms in total. The topological polar surface area (TPSA) is 18.5 Å². The summed E-state index contributed by atoms with van der Waals surface area (Å²) in [5.74, 6) is 0. The highest BCUT2D eigenvalue weighted by Gasteiger charge is 2.31. The summed E-state index contributed by atoms with van der Waals surface area (Å²) in [6.45, 7) is 4.29. The van der Waals surface area contributed by atoms with E-state index < -0.39 is 0 Å². The van der Waals surface area contributed by atoms with Crippen LogP contribution in [-0.2, 0) is 9.47 Å². The van der Waals surface area contributed by atoms with Crippen molar-refractivity contribution in [2.24, 2.45) is 0 Å². The Kier molecular flexibility index (Phi) is 4.08. The Labute approximate surface area is 101 Å². The van der Waals surface area contributed by atoms with Crippen LogP contribution in [0.25, 0.3) is 0 Å². The van der Waals surface area contributed by atoms with Crippen LogP contribution in [0, 0.1) is 0 Å². The van der Waals surface area contributed by atoms with Crippen molar-refractivity contribution in [1.82, 2.24) is 0 Å². The summed E-state index contributed by atoms with van der Waals surface area (Å²) in [5, 5.41) is 0. The first-order chi connectivity index (χ1) is 7.15. The van der Waals surface area contributed by atoms with Gasteiger partial charge in [-0.1, -0.05) is 15.9 Å². The van der Waals surface area contributed by atoms with Gasteiger partial charge in [0.25, 0.3) is 0 Å². The lowest BCUT2D eigenvalue weighted by molar-refractivity contribution is -0.118. The molecule has 2 aliphatic rings. The summed E-state index contributed by atoms with van der Waals surface area (Å²) in [7, 11) is 0. The molecule has 15 heavy (non-hydrogen) atoms. The molecular weight excluding hydrogens is 256 g/mol. The molecule has 0 aromatic carbocycles. The van der Waals surface area contributed by atoms with Crippen molar-refractivity contribution in [3.63, 3.8) is 0 Å². The van der Waals surface area contributed by atoms with E-state index in [0.29, 0.717) is 29.2 Å². The molecule has 0 N–H and O–H groups in total. The third-order valence-electron chi connectivity index (χ3n) is 3.39. The molecule has 4 atom stereocenters. The lowest BCUT2D eigenvalue weighted by Gasteiger charge is -2.34. The molecule has 0 spiro atoms. The van der Waals surface area contributed by atoms with Crippen molar-refractivity contribution in [2.45, 2.75) is 75.2 Å². The van der Waals surface area contributed by atoms with Gasteiger partial charge in [0.15, 0.2) is 0 Å². The molecule has 4 unspecified atom stereocenters. The van der Waals surface area contributed by atoms with Crippen LogP contribution in [0.1, 0.15) is 46.0 Å². The average molecular weight is 277 g/mol. The third kappa shape index (κ3) is 3.18. The van der Waals surface area contributed by atoms with Crippen molar-refractivity contribution in [3.8, 4) is 0 Å². The van der Waals surface area contributed by atoms with E-state index in [1.807, 2.05) is 0 Å². The molecule has 0 aromatic rings. The minimum Gasteiger partial charge on any atom is -0.375 e. The van der Waals surface area contributed by atoms with E-state index in [0.717, 1.165) is 12.8 Å². The zero-order valence-corrected chi connectivity index (χ0v) is 11.2. The monoisotopic (exact) mass is 276 g/mol. The van der Waals surface area contributed by atoms with Gasteiger partial charge in [-0.05, 0) is 46.0 Å². The number of hydrogen-bond donors (Lipinski definition) is 0. The van der Waals surface area contributed by atoms with E-state index in [-0.39, 0.29) is 0 Å². The van der Waals surface area contributed by atoms with E-state index in [1.165, 1.54) is 19.3 Å². The highest BCUT2D eigenvalue weighted by Crippen LogP contribution is 2.32. The average Bonchev–Trinajstić information content (AvgIpc) is 2.50. The van der Waals surface area contributed by atoms with Crippen molar-refractivity contribution in [3.05, 3.63) is 0 Å². The first-order valence-electron chi connectivity index (χ1n) is 6.10. The lowest BCUT2D eigenvalue weighted by atomic mass is 10.0. The Morgan fingerprint density at radius 3 is 2.33 bits per heavy atom. The molecule has 1 saturated carbocycles. The fraction of sp³-hybridized carbons (Fsp3) is 1.00. The van der Waals surface area contributed by atoms with Crippen LogP contribution in [0.5, 0.6) is 0 Å². The van der Waals surface area contributed by atoms with E-state index in [1.54, 1.807) is 0 Å². The summed E-state index contributed by atoms with van der Waals surface area (Å²) >= 11 is 3.71. The molecule has 0 radical (unpaired) electrons. The van der Waals surface area contributed by atoms with Crippen LogP contribution in [-0.4, -0.2) is 29.2 Å². The first kappa shape index (κ1) is 11.9. The predicted molar refractivity (Wildman–Crippen MR) is 64.5 cm³/mol. The fourth-order valence-electron chi connectivity index (χ4n) is 2.74. The summed E-state index contributed by atoms with van der Waals surface area (Å²) in [5.41, 5.74) is 0. The molecule has 2 fully saturated rings. The van der Waals surface area contributed by atoms with E-state index in [9.17, 15) is 0 Å². The number of ether oxygens (including phenoxy) is 2. The minimum atomic E-state index is 0.355. The molecule has 1 aliphatic heterocycles. The van der Waals surface area contributed by atoms with Gasteiger partial charge in [-0.2, -0.15) is 0 Å². The Balaban J connectivity index is 1.83. The second-order valence-corrected chi connectivity index (χ2v) is 6.15. The van der Waals surface area contributed by atoms with Crippen LogP contribution in [0.15, 0.2) is 0 Å². The number of hydrogen-bond acceptors (Lipinski definition) is 2. The Hall–Kier alpha value is 0.400. The summed E-state index contributed by atoms with van der Waals surface area (Å²) in [6.07, 6.45) is 7.45. The standard InChI is InChI=1S/C12H21BrO2/c1-8-6-10(7-9(2)14-8)15-12-5-3-4-11(12)13/h8-12H,3-7H2,1-2H3. The lowest BCUT2D eigenvalue weighted by Crippen LogP contribution is -2.37. The normalized spacial score (nSPS) is 47.0. The quantitative estimate of drug-likeness (QED) is 0.721. The van der Waals surface area contributed by atoms with Crippen LogP contribution in [0.3, 0.4) is 0 Å². The van der Waals surface area contributed by atoms with Gasteiger partial charge < -0.3 is 9.47 Å². The SMILES string of the molecule is CC1CC(OC2CCCC2Br)CC(C)O1. The maximum atomic E-state index is 6.18. The molecule has 0 amide bonds. The summed E-state index contributed by atoms with van der Waals surface area (Å²) in [4.78, 5) is 0.575. The molecule has 0 bridgehead atoms. The van der Waals surface area contributed by atoms with Crippen LogP contribution in [0.4, 0.5) is 0 Å². The summed E-state index contributed by atoms with van der Waals surface area (Å²) < 4.78 is 11.9. The van der Waals surface area contributed by atoms with Crippen LogP contribution < -0.4 is 0 Å². The zero-order chi connectivity index (χ0) is 10.8. The Morgan fingerprint density at radius 2 is 1.80 bits per heavy atom. The van der Waals surface area contributed by atoms with Crippen molar-refractivity contribution in [1.29, 1.82) is 0 Å². The van der Waals surface area contributed by atoms with Gasteiger partial charge in [0.05, 0.1) is 24.4 Å². The van der Waals surface area contributed by atoms with Crippen LogP contribution in [0.2, 0.25) is 0 Å². The maximum Gasteiger partial charge on any atom is 0.0703 e. The number of alkyl halides is 1. The van der Waals surface area contributed by atoms with Crippen LogP contribution >= 0.6 is 15.9 Å². The van der Waals surface area contributed by atoms with Crippen molar-refractivity contribution in [2.75, 3.05) is 0 Å². The second kappa shape index (κ2) is 5.15. The van der Waals surface area contributed by atoms with E-state index in [2.05, 4.69) is 29.8 Å². The summed E-state index contributed by atoms with van der Waals surface area (Å²) in [6, 6.07) is 0. The molecule has 1 saturated heterocycles. The first-order valence-corrected chi connectivity index (χ1v) is 7.01. The van der Waals surface area contributed by atoms with Gasteiger partial charge in [-0.15, -0.1) is 0 Å². The second-order valence-electron chi connectivity index (χ2n) is 4.97. The largest absolute Gasteiger partial charge is 0.375 e. The smallest absolute Gasteiger partial charge is 0.0703 e. The van der Waals surface area contributed by atoms with E-state index in [4.69, 9.17) is 9.47 Å². The molecule has 1 aliphatic carbocycles. The maximum absolute atomic E-state index is 6.18. The van der Waals surface area contributed by atoms with E-state index >= 15 is 0 Å². The van der Waals surface area contributed by atoms with Gasteiger partial charge in [0.1, 0.15) is 0 Å². The Morgan fingerprint density at radius 1 is 1.13 bits per heavy atom. The predicted octanol–water partition coefficient (Wildman–Crippen LogP) is 3.28. The third-order valence-corrected chi connectivity index (χ3v) is 4.44. The minimum absolute atomic E-state index is 0.355. The van der Waals surface area contributed by atoms with Gasteiger partial charge in [-0.3, -0.25) is 0 Å². The van der Waals surface area contributed by atoms with Gasteiger partial charge in [-0.25, -0.2) is 0 Å². The van der Waals surface area contributed by atoms with Crippen molar-refractivity contribution < 1.29 is 9.47 Å². The number of rotatable bonds is 2.